The zero-order valence-corrected chi connectivity index (χ0v) is 15.1. The van der Waals surface area contributed by atoms with Gasteiger partial charge in [0.05, 0.1) is 6.20 Å². The minimum Gasteiger partial charge on any atom is -0.356 e. The summed E-state index contributed by atoms with van der Waals surface area (Å²) in [7, 11) is 3.59. The van der Waals surface area contributed by atoms with Gasteiger partial charge in [0, 0.05) is 53.0 Å². The predicted octanol–water partition coefficient (Wildman–Crippen LogP) is 1.50. The van der Waals surface area contributed by atoms with Crippen LogP contribution in [0, 0.1) is 0 Å². The molecule has 0 aromatic carbocycles. The second-order valence-corrected chi connectivity index (χ2v) is 6.34. The number of alkyl halides is 3. The third-order valence-corrected chi connectivity index (χ3v) is 4.53. The van der Waals surface area contributed by atoms with E-state index in [1.165, 1.54) is 17.4 Å². The zero-order chi connectivity index (χ0) is 18.4. The SMILES string of the molecule is CN=C(NCCCc1cnn(C)c1)N1CCN(C(C)C(F)(F)F)CC1. The molecule has 25 heavy (non-hydrogen) atoms. The molecule has 1 N–H and O–H groups in total. The topological polar surface area (TPSA) is 48.7 Å². The van der Waals surface area contributed by atoms with Crippen molar-refractivity contribution in [2.24, 2.45) is 12.0 Å². The fourth-order valence-electron chi connectivity index (χ4n) is 2.95. The van der Waals surface area contributed by atoms with Crippen LogP contribution in [-0.2, 0) is 13.5 Å². The van der Waals surface area contributed by atoms with Crippen molar-refractivity contribution in [3.8, 4) is 0 Å². The van der Waals surface area contributed by atoms with Crippen LogP contribution in [0.5, 0.6) is 0 Å². The maximum atomic E-state index is 12.8. The lowest BCUT2D eigenvalue weighted by Gasteiger charge is -2.39. The molecule has 0 radical (unpaired) electrons. The summed E-state index contributed by atoms with van der Waals surface area (Å²) < 4.78 is 40.2. The van der Waals surface area contributed by atoms with E-state index in [2.05, 4.69) is 15.4 Å². The van der Waals surface area contributed by atoms with Gasteiger partial charge in [0.15, 0.2) is 5.96 Å². The van der Waals surface area contributed by atoms with Gasteiger partial charge in [-0.1, -0.05) is 0 Å². The van der Waals surface area contributed by atoms with E-state index in [1.54, 1.807) is 11.7 Å². The zero-order valence-electron chi connectivity index (χ0n) is 15.1. The van der Waals surface area contributed by atoms with Crippen LogP contribution in [-0.4, -0.2) is 77.5 Å². The second kappa shape index (κ2) is 8.55. The first-order valence-corrected chi connectivity index (χ1v) is 8.55. The van der Waals surface area contributed by atoms with Crippen LogP contribution in [0.2, 0.25) is 0 Å². The van der Waals surface area contributed by atoms with Crippen LogP contribution in [0.25, 0.3) is 0 Å². The number of nitrogens with one attached hydrogen (secondary N) is 1. The molecule has 0 spiro atoms. The lowest BCUT2D eigenvalue weighted by atomic mass is 10.2. The molecule has 1 fully saturated rings. The van der Waals surface area contributed by atoms with Crippen molar-refractivity contribution >= 4 is 5.96 Å². The molecule has 1 aromatic rings. The molecule has 2 heterocycles. The molecule has 0 amide bonds. The van der Waals surface area contributed by atoms with Crippen molar-refractivity contribution in [2.75, 3.05) is 39.8 Å². The normalized spacial score (nSPS) is 18.5. The van der Waals surface area contributed by atoms with E-state index >= 15 is 0 Å². The number of aryl methyl sites for hydroxylation is 2. The van der Waals surface area contributed by atoms with Crippen LogP contribution in [0.4, 0.5) is 13.2 Å². The van der Waals surface area contributed by atoms with E-state index in [4.69, 9.17) is 0 Å². The van der Waals surface area contributed by atoms with Gasteiger partial charge >= 0.3 is 6.18 Å². The average molecular weight is 360 g/mol. The molecule has 1 aromatic heterocycles. The number of halogens is 3. The van der Waals surface area contributed by atoms with Crippen molar-refractivity contribution in [1.82, 2.24) is 24.9 Å². The maximum Gasteiger partial charge on any atom is 0.403 e. The van der Waals surface area contributed by atoms with Gasteiger partial charge in [-0.25, -0.2) is 0 Å². The monoisotopic (exact) mass is 360 g/mol. The van der Waals surface area contributed by atoms with Gasteiger partial charge < -0.3 is 10.2 Å². The summed E-state index contributed by atoms with van der Waals surface area (Å²) in [5.74, 6) is 0.755. The molecule has 1 atom stereocenters. The number of guanidine groups is 1. The van der Waals surface area contributed by atoms with Crippen molar-refractivity contribution in [2.45, 2.75) is 32.0 Å². The summed E-state index contributed by atoms with van der Waals surface area (Å²) in [6.07, 6.45) is 1.55. The Morgan fingerprint density at radius 2 is 2.00 bits per heavy atom. The highest BCUT2D eigenvalue weighted by Gasteiger charge is 2.41. The maximum absolute atomic E-state index is 12.8. The Morgan fingerprint density at radius 1 is 1.32 bits per heavy atom. The molecule has 1 saturated heterocycles. The number of aromatic nitrogens is 2. The summed E-state index contributed by atoms with van der Waals surface area (Å²) in [5.41, 5.74) is 1.19. The number of rotatable bonds is 5. The van der Waals surface area contributed by atoms with Gasteiger partial charge in [0.2, 0.25) is 0 Å². The van der Waals surface area contributed by atoms with Gasteiger partial charge in [0.1, 0.15) is 6.04 Å². The Bertz CT molecular complexity index is 560. The fourth-order valence-corrected chi connectivity index (χ4v) is 2.95. The quantitative estimate of drug-likeness (QED) is 0.491. The van der Waals surface area contributed by atoms with E-state index < -0.39 is 12.2 Å². The van der Waals surface area contributed by atoms with Crippen molar-refractivity contribution < 1.29 is 13.2 Å². The molecule has 0 bridgehead atoms. The molecular formula is C16H27F3N6. The van der Waals surface area contributed by atoms with Gasteiger partial charge in [-0.05, 0) is 25.3 Å². The summed E-state index contributed by atoms with van der Waals surface area (Å²) in [4.78, 5) is 7.75. The fraction of sp³-hybridized carbons (Fsp3) is 0.750. The average Bonchev–Trinajstić information content (AvgIpc) is 2.99. The largest absolute Gasteiger partial charge is 0.403 e. The van der Waals surface area contributed by atoms with Crippen molar-refractivity contribution in [3.63, 3.8) is 0 Å². The Hall–Kier alpha value is -1.77. The highest BCUT2D eigenvalue weighted by Crippen LogP contribution is 2.25. The first kappa shape index (κ1) is 19.6. The summed E-state index contributed by atoms with van der Waals surface area (Å²) in [5, 5.41) is 7.44. The molecule has 1 unspecified atom stereocenters. The van der Waals surface area contributed by atoms with Crippen molar-refractivity contribution in [3.05, 3.63) is 18.0 Å². The third-order valence-electron chi connectivity index (χ3n) is 4.53. The van der Waals surface area contributed by atoms with E-state index in [0.717, 1.165) is 25.3 Å². The number of hydrogen-bond donors (Lipinski definition) is 1. The second-order valence-electron chi connectivity index (χ2n) is 6.34. The van der Waals surface area contributed by atoms with Crippen LogP contribution in [0.1, 0.15) is 18.9 Å². The minimum absolute atomic E-state index is 0.386. The van der Waals surface area contributed by atoms with Gasteiger partial charge in [-0.3, -0.25) is 14.6 Å². The minimum atomic E-state index is -4.17. The molecule has 6 nitrogen and oxygen atoms in total. The first-order chi connectivity index (χ1) is 11.8. The van der Waals surface area contributed by atoms with Gasteiger partial charge in [0.25, 0.3) is 0 Å². The Labute approximate surface area is 146 Å². The predicted molar refractivity (Wildman–Crippen MR) is 91.6 cm³/mol. The Balaban J connectivity index is 1.73. The molecule has 1 aliphatic rings. The number of hydrogen-bond acceptors (Lipinski definition) is 3. The molecule has 1 aliphatic heterocycles. The standard InChI is InChI=1S/C16H27F3N6/c1-13(16(17,18)19)24-7-9-25(10-8-24)15(20-2)21-6-4-5-14-11-22-23(3)12-14/h11-13H,4-10H2,1-3H3,(H,20,21). The summed E-state index contributed by atoms with van der Waals surface area (Å²) >= 11 is 0. The van der Waals surface area contributed by atoms with Crippen LogP contribution >= 0.6 is 0 Å². The van der Waals surface area contributed by atoms with Crippen LogP contribution < -0.4 is 5.32 Å². The number of piperazine rings is 1. The number of nitrogens with zero attached hydrogens (tertiary/aromatic N) is 5. The molecular weight excluding hydrogens is 333 g/mol. The third kappa shape index (κ3) is 5.62. The highest BCUT2D eigenvalue weighted by molar-refractivity contribution is 5.79. The smallest absolute Gasteiger partial charge is 0.356 e. The van der Waals surface area contributed by atoms with Gasteiger partial charge in [-0.2, -0.15) is 18.3 Å². The van der Waals surface area contributed by atoms with E-state index in [9.17, 15) is 13.2 Å². The lowest BCUT2D eigenvalue weighted by Crippen LogP contribution is -2.56. The molecule has 142 valence electrons. The highest BCUT2D eigenvalue weighted by atomic mass is 19.4. The summed E-state index contributed by atoms with van der Waals surface area (Å²) in [6, 6.07) is -1.40. The van der Waals surface area contributed by atoms with Crippen LogP contribution in [0.15, 0.2) is 17.4 Å². The van der Waals surface area contributed by atoms with E-state index in [1.807, 2.05) is 24.3 Å². The number of aliphatic imine (C=N–C) groups is 1. The lowest BCUT2D eigenvalue weighted by molar-refractivity contribution is -0.181. The molecule has 0 aliphatic carbocycles. The van der Waals surface area contributed by atoms with E-state index in [0.29, 0.717) is 26.2 Å². The Morgan fingerprint density at radius 3 is 2.52 bits per heavy atom. The van der Waals surface area contributed by atoms with Crippen molar-refractivity contribution in [1.29, 1.82) is 0 Å². The summed E-state index contributed by atoms with van der Waals surface area (Å²) in [6.45, 7) is 3.85. The molecule has 9 heteroatoms. The van der Waals surface area contributed by atoms with Crippen LogP contribution in [0.3, 0.4) is 0 Å². The Kier molecular flexibility index (Phi) is 6.69. The van der Waals surface area contributed by atoms with Gasteiger partial charge in [-0.15, -0.1) is 0 Å². The first-order valence-electron chi connectivity index (χ1n) is 8.55. The molecule has 2 rings (SSSR count). The molecule has 0 saturated carbocycles. The van der Waals surface area contributed by atoms with E-state index in [-0.39, 0.29) is 0 Å².